The molecule has 0 aliphatic carbocycles. The van der Waals surface area contributed by atoms with Crippen LogP contribution < -0.4 is 23.8 Å². The van der Waals surface area contributed by atoms with E-state index >= 15 is 0 Å². The third-order valence-corrected chi connectivity index (χ3v) is 5.71. The molecule has 4 rings (SSSR count). The van der Waals surface area contributed by atoms with Crippen molar-refractivity contribution in [3.63, 3.8) is 0 Å². The summed E-state index contributed by atoms with van der Waals surface area (Å²) in [5.74, 6) is 2.49. The molecule has 3 aromatic carbocycles. The maximum Gasteiger partial charge on any atom is 0.203 e. The zero-order valence-electron chi connectivity index (χ0n) is 20.3. The number of rotatable bonds is 8. The number of hydrogen-bond donors (Lipinski definition) is 0. The molecule has 0 aliphatic heterocycles. The van der Waals surface area contributed by atoms with Gasteiger partial charge < -0.3 is 23.8 Å². The third kappa shape index (κ3) is 4.24. The van der Waals surface area contributed by atoms with Crippen LogP contribution >= 0.6 is 0 Å². The van der Waals surface area contributed by atoms with Crippen molar-refractivity contribution in [2.45, 2.75) is 0 Å². The quantitative estimate of drug-likeness (QED) is 0.356. The first-order valence-electron chi connectivity index (χ1n) is 10.8. The van der Waals surface area contributed by atoms with E-state index in [0.29, 0.717) is 17.2 Å². The fourth-order valence-corrected chi connectivity index (χ4v) is 3.91. The highest BCUT2D eigenvalue weighted by atomic mass is 16.5. The number of methoxy groups -OCH3 is 4. The fraction of sp³-hybridized carbons (Fsp3) is 0.222. The SMILES string of the molecule is COc1ccc(-n2cnc(-c3cc(OC)c(OC)c(OC)c3)c2-c2ccc(N(C)C)cc2)cc1. The Morgan fingerprint density at radius 1 is 0.706 bits per heavy atom. The summed E-state index contributed by atoms with van der Waals surface area (Å²) in [6.45, 7) is 0. The molecule has 0 saturated heterocycles. The average Bonchev–Trinajstić information content (AvgIpc) is 3.33. The minimum atomic E-state index is 0.542. The molecule has 1 heterocycles. The lowest BCUT2D eigenvalue weighted by Gasteiger charge is -2.16. The second-order valence-electron chi connectivity index (χ2n) is 7.87. The van der Waals surface area contributed by atoms with Gasteiger partial charge in [0.05, 0.1) is 39.8 Å². The molecule has 0 N–H and O–H groups in total. The predicted octanol–water partition coefficient (Wildman–Crippen LogP) is 5.31. The van der Waals surface area contributed by atoms with Crippen LogP contribution in [0.2, 0.25) is 0 Å². The molecule has 0 fully saturated rings. The summed E-state index contributed by atoms with van der Waals surface area (Å²) >= 11 is 0. The Balaban J connectivity index is 1.94. The first-order chi connectivity index (χ1) is 16.5. The van der Waals surface area contributed by atoms with Crippen LogP contribution in [-0.2, 0) is 0 Å². The van der Waals surface area contributed by atoms with Gasteiger partial charge in [-0.15, -0.1) is 0 Å². The van der Waals surface area contributed by atoms with Crippen LogP contribution in [-0.4, -0.2) is 52.1 Å². The lowest BCUT2D eigenvalue weighted by molar-refractivity contribution is 0.324. The predicted molar refractivity (Wildman–Crippen MR) is 135 cm³/mol. The number of anilines is 1. The summed E-state index contributed by atoms with van der Waals surface area (Å²) in [5.41, 5.74) is 5.72. The second-order valence-corrected chi connectivity index (χ2v) is 7.87. The van der Waals surface area contributed by atoms with Crippen LogP contribution in [0.4, 0.5) is 5.69 Å². The van der Waals surface area contributed by atoms with Gasteiger partial charge >= 0.3 is 0 Å². The maximum atomic E-state index is 5.59. The van der Waals surface area contributed by atoms with Gasteiger partial charge in [0.1, 0.15) is 12.1 Å². The Kier molecular flexibility index (Phi) is 6.63. The molecule has 0 bridgehead atoms. The summed E-state index contributed by atoms with van der Waals surface area (Å²) in [7, 11) is 10.5. The first kappa shape index (κ1) is 23.0. The van der Waals surface area contributed by atoms with Crippen molar-refractivity contribution in [2.75, 3.05) is 47.4 Å². The van der Waals surface area contributed by atoms with Crippen LogP contribution in [0.3, 0.4) is 0 Å². The summed E-state index contributed by atoms with van der Waals surface area (Å²) in [4.78, 5) is 6.89. The number of benzene rings is 3. The van der Waals surface area contributed by atoms with E-state index in [1.807, 2.05) is 56.8 Å². The first-order valence-corrected chi connectivity index (χ1v) is 10.8. The highest BCUT2D eigenvalue weighted by Crippen LogP contribution is 2.43. The average molecular weight is 460 g/mol. The highest BCUT2D eigenvalue weighted by Gasteiger charge is 2.21. The number of hydrogen-bond acceptors (Lipinski definition) is 6. The summed E-state index contributed by atoms with van der Waals surface area (Å²) < 4.78 is 24.1. The van der Waals surface area contributed by atoms with Crippen molar-refractivity contribution >= 4 is 5.69 Å². The van der Waals surface area contributed by atoms with Crippen LogP contribution in [0.5, 0.6) is 23.0 Å². The summed E-state index contributed by atoms with van der Waals surface area (Å²) in [6.07, 6.45) is 1.83. The zero-order valence-corrected chi connectivity index (χ0v) is 20.3. The Morgan fingerprint density at radius 2 is 1.32 bits per heavy atom. The second kappa shape index (κ2) is 9.79. The lowest BCUT2D eigenvalue weighted by Crippen LogP contribution is -2.08. The number of ether oxygens (including phenoxy) is 4. The van der Waals surface area contributed by atoms with E-state index in [9.17, 15) is 0 Å². The molecular weight excluding hydrogens is 430 g/mol. The van der Waals surface area contributed by atoms with Crippen LogP contribution in [0.25, 0.3) is 28.2 Å². The largest absolute Gasteiger partial charge is 0.497 e. The lowest BCUT2D eigenvalue weighted by atomic mass is 10.0. The standard InChI is InChI=1S/C27H29N3O4/c1-29(2)20-9-7-18(8-10-20)26-25(19-15-23(32-4)27(34-6)24(16-19)33-5)28-17-30(26)21-11-13-22(31-3)14-12-21/h7-17H,1-6H3. The summed E-state index contributed by atoms with van der Waals surface area (Å²) in [6, 6.07) is 20.1. The number of aromatic nitrogens is 2. The van der Waals surface area contributed by atoms with Crippen molar-refractivity contribution in [1.82, 2.24) is 9.55 Å². The molecule has 7 nitrogen and oxygen atoms in total. The van der Waals surface area contributed by atoms with Crippen LogP contribution in [0.15, 0.2) is 67.0 Å². The maximum absolute atomic E-state index is 5.59. The molecule has 7 heteroatoms. The zero-order chi connectivity index (χ0) is 24.2. The van der Waals surface area contributed by atoms with E-state index in [2.05, 4.69) is 33.7 Å². The van der Waals surface area contributed by atoms with Gasteiger partial charge in [-0.1, -0.05) is 12.1 Å². The molecule has 176 valence electrons. The molecule has 0 amide bonds. The van der Waals surface area contributed by atoms with Gasteiger partial charge in [-0.3, -0.25) is 4.57 Å². The van der Waals surface area contributed by atoms with Gasteiger partial charge in [0.15, 0.2) is 11.5 Å². The van der Waals surface area contributed by atoms with Crippen molar-refractivity contribution < 1.29 is 18.9 Å². The van der Waals surface area contributed by atoms with Gasteiger partial charge in [0.25, 0.3) is 0 Å². The Labute approximate surface area is 200 Å². The van der Waals surface area contributed by atoms with E-state index in [-0.39, 0.29) is 0 Å². The van der Waals surface area contributed by atoms with Crippen molar-refractivity contribution in [1.29, 1.82) is 0 Å². The highest BCUT2D eigenvalue weighted by molar-refractivity contribution is 5.82. The molecule has 4 aromatic rings. The van der Waals surface area contributed by atoms with Crippen molar-refractivity contribution in [3.05, 3.63) is 67.0 Å². The van der Waals surface area contributed by atoms with Gasteiger partial charge in [-0.2, -0.15) is 0 Å². The Hall–Kier alpha value is -4.13. The monoisotopic (exact) mass is 459 g/mol. The van der Waals surface area contributed by atoms with Gasteiger partial charge in [0.2, 0.25) is 5.75 Å². The molecule has 34 heavy (non-hydrogen) atoms. The van der Waals surface area contributed by atoms with Crippen LogP contribution in [0, 0.1) is 0 Å². The molecule has 0 radical (unpaired) electrons. The topological polar surface area (TPSA) is 58.0 Å². The molecule has 1 aromatic heterocycles. The molecule has 0 aliphatic rings. The molecular formula is C27H29N3O4. The van der Waals surface area contributed by atoms with E-state index in [4.69, 9.17) is 23.9 Å². The van der Waals surface area contributed by atoms with Crippen molar-refractivity contribution in [3.8, 4) is 51.2 Å². The van der Waals surface area contributed by atoms with E-state index in [0.717, 1.165) is 39.6 Å². The Bertz CT molecular complexity index is 1240. The van der Waals surface area contributed by atoms with E-state index < -0.39 is 0 Å². The number of nitrogens with zero attached hydrogens (tertiary/aromatic N) is 3. The van der Waals surface area contributed by atoms with Crippen LogP contribution in [0.1, 0.15) is 0 Å². The Morgan fingerprint density at radius 3 is 1.82 bits per heavy atom. The number of imidazole rings is 1. The van der Waals surface area contributed by atoms with Gasteiger partial charge in [-0.25, -0.2) is 4.98 Å². The fourth-order valence-electron chi connectivity index (χ4n) is 3.91. The van der Waals surface area contributed by atoms with E-state index in [1.165, 1.54) is 0 Å². The molecule has 0 saturated carbocycles. The van der Waals surface area contributed by atoms with Gasteiger partial charge in [-0.05, 0) is 48.5 Å². The molecule has 0 spiro atoms. The van der Waals surface area contributed by atoms with Crippen molar-refractivity contribution in [2.24, 2.45) is 0 Å². The normalized spacial score (nSPS) is 10.6. The smallest absolute Gasteiger partial charge is 0.203 e. The minimum absolute atomic E-state index is 0.542. The molecule has 0 unspecified atom stereocenters. The molecule has 0 atom stereocenters. The van der Waals surface area contributed by atoms with E-state index in [1.54, 1.807) is 28.4 Å². The van der Waals surface area contributed by atoms with Gasteiger partial charge in [0, 0.05) is 36.6 Å². The minimum Gasteiger partial charge on any atom is -0.497 e. The third-order valence-electron chi connectivity index (χ3n) is 5.71. The summed E-state index contributed by atoms with van der Waals surface area (Å²) in [5, 5.41) is 0.